The summed E-state index contributed by atoms with van der Waals surface area (Å²) < 4.78 is 6.34. The zero-order valence-electron chi connectivity index (χ0n) is 25.1. The molecule has 2 heterocycles. The van der Waals surface area contributed by atoms with Gasteiger partial charge in [0.05, 0.1) is 17.2 Å². The van der Waals surface area contributed by atoms with Gasteiger partial charge in [0.1, 0.15) is 12.4 Å². The highest BCUT2D eigenvalue weighted by Crippen LogP contribution is 2.44. The van der Waals surface area contributed by atoms with Crippen LogP contribution < -0.4 is 9.64 Å². The van der Waals surface area contributed by atoms with Crippen LogP contribution in [0.15, 0.2) is 41.8 Å². The van der Waals surface area contributed by atoms with E-state index in [0.29, 0.717) is 25.1 Å². The number of carbonyl (C=O) groups excluding carboxylic acids is 1. The van der Waals surface area contributed by atoms with E-state index in [2.05, 4.69) is 16.3 Å². The zero-order chi connectivity index (χ0) is 30.2. The monoisotopic (exact) mass is 591 g/mol. The highest BCUT2D eigenvalue weighted by molar-refractivity contribution is 7.14. The molecule has 3 aromatic rings. The van der Waals surface area contributed by atoms with Crippen molar-refractivity contribution in [1.82, 2.24) is 9.88 Å². The minimum atomic E-state index is -0.820. The number of hydrogen-bond acceptors (Lipinski definition) is 7. The van der Waals surface area contributed by atoms with E-state index in [1.54, 1.807) is 37.1 Å². The molecule has 1 aliphatic heterocycles. The molecule has 2 aromatic carbocycles. The van der Waals surface area contributed by atoms with Gasteiger partial charge in [-0.2, -0.15) is 0 Å². The largest absolute Gasteiger partial charge is 0.488 e. The molecule has 3 atom stereocenters. The minimum absolute atomic E-state index is 0.0739. The molecule has 1 saturated heterocycles. The molecule has 1 aliphatic carbocycles. The van der Waals surface area contributed by atoms with Crippen LogP contribution in [0.1, 0.15) is 60.2 Å². The van der Waals surface area contributed by atoms with Crippen LogP contribution in [0.4, 0.5) is 5.13 Å². The van der Waals surface area contributed by atoms with Gasteiger partial charge in [0.15, 0.2) is 5.13 Å². The normalized spacial score (nSPS) is 20.0. The first kappa shape index (κ1) is 30.0. The number of fused-ring (bicyclic) bond motifs is 2. The van der Waals surface area contributed by atoms with Crippen molar-refractivity contribution in [2.75, 3.05) is 31.6 Å². The van der Waals surface area contributed by atoms with Gasteiger partial charge >= 0.3 is 5.97 Å². The van der Waals surface area contributed by atoms with Crippen LogP contribution in [0.25, 0.3) is 11.3 Å². The summed E-state index contributed by atoms with van der Waals surface area (Å²) in [4.78, 5) is 33.6. The molecule has 0 radical (unpaired) electrons. The van der Waals surface area contributed by atoms with Crippen molar-refractivity contribution >= 4 is 28.3 Å². The highest BCUT2D eigenvalue weighted by atomic mass is 32.1. The van der Waals surface area contributed by atoms with Gasteiger partial charge in [0, 0.05) is 43.2 Å². The summed E-state index contributed by atoms with van der Waals surface area (Å²) in [7, 11) is 1.76. The standard InChI is InChI=1S/C33H41N3O5S/c1-20-6-11-28(41-18-25-10-7-22(15-21(25)2)30(37)35(5)13-12-33(3,4)40)26(14-20)27-19-42-32(34-27)36-16-23-8-9-24(17-36)29(23)31(38)39/h6-7,10-11,14-15,19,23-24,29,40H,8-9,12-13,16-18H2,1-5H3,(H,38,39)/t23-,24?,29?/m0/s1. The number of aliphatic carboxylic acids is 1. The molecule has 2 aliphatic rings. The number of thiazole rings is 1. The number of nitrogens with zero attached hydrogens (tertiary/aromatic N) is 3. The van der Waals surface area contributed by atoms with E-state index in [-0.39, 0.29) is 23.7 Å². The van der Waals surface area contributed by atoms with Gasteiger partial charge in [-0.1, -0.05) is 17.7 Å². The van der Waals surface area contributed by atoms with Gasteiger partial charge in [-0.05, 0) is 94.2 Å². The summed E-state index contributed by atoms with van der Waals surface area (Å²) in [5, 5.41) is 22.7. The van der Waals surface area contributed by atoms with E-state index < -0.39 is 11.6 Å². The Labute approximate surface area is 252 Å². The first-order valence-electron chi connectivity index (χ1n) is 14.6. The lowest BCUT2D eigenvalue weighted by atomic mass is 9.85. The average Bonchev–Trinajstić information content (AvgIpc) is 3.53. The molecule has 224 valence electrons. The Kier molecular flexibility index (Phi) is 8.62. The van der Waals surface area contributed by atoms with Gasteiger partial charge in [0.25, 0.3) is 5.91 Å². The maximum atomic E-state index is 12.9. The molecule has 0 spiro atoms. The third kappa shape index (κ3) is 6.63. The molecule has 2 bridgehead atoms. The second-order valence-corrected chi connectivity index (χ2v) is 13.4. The fraction of sp³-hybridized carbons (Fsp3) is 0.485. The summed E-state index contributed by atoms with van der Waals surface area (Å²) in [6, 6.07) is 11.8. The van der Waals surface area contributed by atoms with Gasteiger partial charge in [-0.3, -0.25) is 9.59 Å². The summed E-state index contributed by atoms with van der Waals surface area (Å²) in [6.45, 7) is 9.83. The molecule has 2 unspecified atom stereocenters. The Morgan fingerprint density at radius 2 is 1.83 bits per heavy atom. The van der Waals surface area contributed by atoms with Gasteiger partial charge < -0.3 is 24.7 Å². The molecule has 5 rings (SSSR count). The Hall–Kier alpha value is -3.43. The molecule has 1 aromatic heterocycles. The molecule has 1 saturated carbocycles. The van der Waals surface area contributed by atoms with Crippen molar-refractivity contribution in [3.63, 3.8) is 0 Å². The first-order valence-corrected chi connectivity index (χ1v) is 15.5. The number of piperidine rings is 1. The predicted octanol–water partition coefficient (Wildman–Crippen LogP) is 5.79. The number of rotatable bonds is 10. The lowest BCUT2D eigenvalue weighted by Gasteiger charge is -2.35. The molecule has 2 fully saturated rings. The van der Waals surface area contributed by atoms with Crippen LogP contribution in [0.2, 0.25) is 0 Å². The Morgan fingerprint density at radius 1 is 1.12 bits per heavy atom. The fourth-order valence-electron chi connectivity index (χ4n) is 6.19. The van der Waals surface area contributed by atoms with E-state index >= 15 is 0 Å². The van der Waals surface area contributed by atoms with Crippen molar-refractivity contribution in [2.24, 2.45) is 17.8 Å². The number of aliphatic hydroxyl groups is 1. The van der Waals surface area contributed by atoms with Crippen molar-refractivity contribution in [3.05, 3.63) is 64.0 Å². The van der Waals surface area contributed by atoms with E-state index in [4.69, 9.17) is 9.72 Å². The minimum Gasteiger partial charge on any atom is -0.488 e. The number of carboxylic acid groups (broad SMARTS) is 1. The summed E-state index contributed by atoms with van der Waals surface area (Å²) in [5.41, 5.74) is 4.65. The van der Waals surface area contributed by atoms with Gasteiger partial charge in [-0.25, -0.2) is 4.98 Å². The Bertz CT molecular complexity index is 1450. The van der Waals surface area contributed by atoms with Crippen LogP contribution in [-0.2, 0) is 11.4 Å². The number of benzene rings is 2. The maximum absolute atomic E-state index is 12.9. The second kappa shape index (κ2) is 12.1. The van der Waals surface area contributed by atoms with E-state index in [9.17, 15) is 19.8 Å². The van der Waals surface area contributed by atoms with Gasteiger partial charge in [-0.15, -0.1) is 11.3 Å². The third-order valence-electron chi connectivity index (χ3n) is 8.67. The summed E-state index contributed by atoms with van der Waals surface area (Å²) in [6.07, 6.45) is 2.45. The smallest absolute Gasteiger partial charge is 0.307 e. The lowest BCUT2D eigenvalue weighted by Crippen LogP contribution is -2.44. The van der Waals surface area contributed by atoms with Crippen molar-refractivity contribution < 1.29 is 24.5 Å². The van der Waals surface area contributed by atoms with Gasteiger partial charge in [0.2, 0.25) is 0 Å². The Morgan fingerprint density at radius 3 is 2.48 bits per heavy atom. The second-order valence-electron chi connectivity index (χ2n) is 12.6. The average molecular weight is 592 g/mol. The number of aromatic nitrogens is 1. The quantitative estimate of drug-likeness (QED) is 0.308. The number of amides is 1. The van der Waals surface area contributed by atoms with E-state index in [1.165, 1.54) is 0 Å². The first-order chi connectivity index (χ1) is 19.9. The Balaban J connectivity index is 1.27. The molecular formula is C33H41N3O5S. The number of anilines is 1. The maximum Gasteiger partial charge on any atom is 0.307 e. The third-order valence-corrected chi connectivity index (χ3v) is 9.57. The SMILES string of the molecule is Cc1ccc(OCc2ccc(C(=O)N(C)CCC(C)(C)O)cc2C)c(-c2csc(N3CC4CC[C@@H](C3)C4C(=O)O)n2)c1. The number of ether oxygens (including phenoxy) is 1. The van der Waals surface area contributed by atoms with Crippen molar-refractivity contribution in [1.29, 1.82) is 0 Å². The molecule has 1 amide bonds. The number of carboxylic acids is 1. The highest BCUT2D eigenvalue weighted by Gasteiger charge is 2.46. The molecule has 42 heavy (non-hydrogen) atoms. The van der Waals surface area contributed by atoms with Crippen LogP contribution in [0, 0.1) is 31.6 Å². The van der Waals surface area contributed by atoms with Crippen LogP contribution in [-0.4, -0.2) is 64.3 Å². The number of hydrogen-bond donors (Lipinski definition) is 2. The van der Waals surface area contributed by atoms with E-state index in [0.717, 1.165) is 64.8 Å². The van der Waals surface area contributed by atoms with Crippen LogP contribution >= 0.6 is 11.3 Å². The predicted molar refractivity (Wildman–Crippen MR) is 165 cm³/mol. The number of carbonyl (C=O) groups is 2. The summed E-state index contributed by atoms with van der Waals surface area (Å²) >= 11 is 1.60. The van der Waals surface area contributed by atoms with E-state index in [1.807, 2.05) is 44.2 Å². The molecule has 2 N–H and O–H groups in total. The lowest BCUT2D eigenvalue weighted by molar-refractivity contribution is -0.144. The molecular weight excluding hydrogens is 550 g/mol. The van der Waals surface area contributed by atoms with Crippen LogP contribution in [0.3, 0.4) is 0 Å². The topological polar surface area (TPSA) is 103 Å². The number of aryl methyl sites for hydroxylation is 2. The van der Waals surface area contributed by atoms with Crippen LogP contribution in [0.5, 0.6) is 5.75 Å². The van der Waals surface area contributed by atoms with Crippen molar-refractivity contribution in [2.45, 2.75) is 59.2 Å². The fourth-order valence-corrected chi connectivity index (χ4v) is 7.04. The molecule has 8 nitrogen and oxygen atoms in total. The zero-order valence-corrected chi connectivity index (χ0v) is 25.9. The molecule has 9 heteroatoms. The summed E-state index contributed by atoms with van der Waals surface area (Å²) in [5.74, 6) is 0.152. The van der Waals surface area contributed by atoms with Crippen molar-refractivity contribution in [3.8, 4) is 17.0 Å².